The molecule has 0 aromatic carbocycles. The lowest BCUT2D eigenvalue weighted by molar-refractivity contribution is 0.232. The molecule has 0 radical (unpaired) electrons. The summed E-state index contributed by atoms with van der Waals surface area (Å²) in [5, 5.41) is 3.49. The van der Waals surface area contributed by atoms with Crippen molar-refractivity contribution >= 4 is 11.8 Å². The third-order valence-electron chi connectivity index (χ3n) is 3.25. The molecule has 0 aliphatic carbocycles. The van der Waals surface area contributed by atoms with Gasteiger partial charge in [0.25, 0.3) is 0 Å². The molecule has 1 saturated heterocycles. The van der Waals surface area contributed by atoms with E-state index in [1.54, 1.807) is 0 Å². The maximum Gasteiger partial charge on any atom is 0.0143 e. The molecule has 1 heterocycles. The number of piperidine rings is 1. The van der Waals surface area contributed by atoms with Crippen LogP contribution in [0.4, 0.5) is 0 Å². The van der Waals surface area contributed by atoms with Gasteiger partial charge >= 0.3 is 0 Å². The van der Waals surface area contributed by atoms with Gasteiger partial charge in [-0.05, 0) is 37.6 Å². The van der Waals surface area contributed by atoms with E-state index in [1.165, 1.54) is 19.5 Å². The summed E-state index contributed by atoms with van der Waals surface area (Å²) in [6.45, 7) is 9.54. The maximum absolute atomic E-state index is 3.49. The van der Waals surface area contributed by atoms with Crippen molar-refractivity contribution in [3.05, 3.63) is 0 Å². The summed E-state index contributed by atoms with van der Waals surface area (Å²) >= 11 is 2.00. The third-order valence-corrected chi connectivity index (χ3v) is 4.60. The van der Waals surface area contributed by atoms with Gasteiger partial charge in [0.2, 0.25) is 0 Å². The Hall–Kier alpha value is 0.310. The Labute approximate surface area is 80.7 Å². The van der Waals surface area contributed by atoms with Gasteiger partial charge in [0.05, 0.1) is 0 Å². The Morgan fingerprint density at radius 3 is 2.58 bits per heavy atom. The van der Waals surface area contributed by atoms with E-state index in [2.05, 4.69) is 32.3 Å². The van der Waals surface area contributed by atoms with Gasteiger partial charge in [-0.1, -0.05) is 20.8 Å². The highest BCUT2D eigenvalue weighted by Crippen LogP contribution is 2.37. The quantitative estimate of drug-likeness (QED) is 0.712. The van der Waals surface area contributed by atoms with Crippen LogP contribution in [0.3, 0.4) is 0 Å². The van der Waals surface area contributed by atoms with Crippen LogP contribution in [0.2, 0.25) is 0 Å². The van der Waals surface area contributed by atoms with E-state index in [0.717, 1.165) is 11.8 Å². The molecular weight excluding hydrogens is 166 g/mol. The molecule has 72 valence electrons. The fraction of sp³-hybridized carbons (Fsp3) is 1.00. The smallest absolute Gasteiger partial charge is 0.0143 e. The van der Waals surface area contributed by atoms with Crippen molar-refractivity contribution in [2.24, 2.45) is 11.8 Å². The van der Waals surface area contributed by atoms with Crippen LogP contribution in [0.5, 0.6) is 0 Å². The SMILES string of the molecule is CSC(C)(C)C1CNCC[C@@H]1C. The minimum Gasteiger partial charge on any atom is -0.316 e. The Kier molecular flexibility index (Phi) is 3.47. The highest BCUT2D eigenvalue weighted by Gasteiger charge is 2.34. The molecule has 1 rings (SSSR count). The first-order valence-electron chi connectivity index (χ1n) is 4.84. The number of rotatable bonds is 2. The van der Waals surface area contributed by atoms with Gasteiger partial charge in [-0.2, -0.15) is 11.8 Å². The lowest BCUT2D eigenvalue weighted by Crippen LogP contribution is -2.45. The van der Waals surface area contributed by atoms with Crippen molar-refractivity contribution < 1.29 is 0 Å². The minimum atomic E-state index is 0.437. The summed E-state index contributed by atoms with van der Waals surface area (Å²) < 4.78 is 0.437. The van der Waals surface area contributed by atoms with E-state index in [1.807, 2.05) is 11.8 Å². The first-order valence-corrected chi connectivity index (χ1v) is 6.06. The molecule has 0 spiro atoms. The lowest BCUT2D eigenvalue weighted by Gasteiger charge is -2.40. The van der Waals surface area contributed by atoms with Gasteiger partial charge in [0, 0.05) is 4.75 Å². The standard InChI is InChI=1S/C10H21NS/c1-8-5-6-11-7-9(8)10(2,3)12-4/h8-9,11H,5-7H2,1-4H3/t8-,9?/m0/s1. The average Bonchev–Trinajstić information content (AvgIpc) is 2.05. The zero-order valence-corrected chi connectivity index (χ0v) is 9.50. The molecule has 0 saturated carbocycles. The van der Waals surface area contributed by atoms with Crippen LogP contribution in [-0.4, -0.2) is 24.1 Å². The summed E-state index contributed by atoms with van der Waals surface area (Å²) in [6, 6.07) is 0. The number of thioether (sulfide) groups is 1. The number of hydrogen-bond donors (Lipinski definition) is 1. The van der Waals surface area contributed by atoms with Gasteiger partial charge in [0.1, 0.15) is 0 Å². The molecule has 1 unspecified atom stereocenters. The Bertz CT molecular complexity index is 145. The van der Waals surface area contributed by atoms with E-state index in [-0.39, 0.29) is 0 Å². The van der Waals surface area contributed by atoms with Crippen molar-refractivity contribution in [2.75, 3.05) is 19.3 Å². The molecular formula is C10H21NS. The zero-order chi connectivity index (χ0) is 9.19. The molecule has 1 fully saturated rings. The number of nitrogens with one attached hydrogen (secondary N) is 1. The first kappa shape index (κ1) is 10.4. The van der Waals surface area contributed by atoms with Crippen LogP contribution in [0.1, 0.15) is 27.2 Å². The molecule has 1 N–H and O–H groups in total. The van der Waals surface area contributed by atoms with Crippen LogP contribution < -0.4 is 5.32 Å². The van der Waals surface area contributed by atoms with E-state index >= 15 is 0 Å². The van der Waals surface area contributed by atoms with Crippen molar-refractivity contribution in [3.63, 3.8) is 0 Å². The predicted octanol–water partition coefficient (Wildman–Crippen LogP) is 2.37. The summed E-state index contributed by atoms with van der Waals surface area (Å²) in [5.41, 5.74) is 0. The summed E-state index contributed by atoms with van der Waals surface area (Å²) in [7, 11) is 0. The van der Waals surface area contributed by atoms with Gasteiger partial charge in [0.15, 0.2) is 0 Å². The predicted molar refractivity (Wildman–Crippen MR) is 57.7 cm³/mol. The van der Waals surface area contributed by atoms with Gasteiger partial charge in [-0.15, -0.1) is 0 Å². The van der Waals surface area contributed by atoms with Crippen LogP contribution >= 0.6 is 11.8 Å². The van der Waals surface area contributed by atoms with E-state index in [9.17, 15) is 0 Å². The average molecular weight is 187 g/mol. The molecule has 0 bridgehead atoms. The second-order valence-electron chi connectivity index (χ2n) is 4.38. The van der Waals surface area contributed by atoms with Gasteiger partial charge in [-0.3, -0.25) is 0 Å². The Morgan fingerprint density at radius 2 is 2.08 bits per heavy atom. The van der Waals surface area contributed by atoms with Crippen LogP contribution in [0, 0.1) is 11.8 Å². The van der Waals surface area contributed by atoms with Crippen molar-refractivity contribution in [2.45, 2.75) is 31.9 Å². The lowest BCUT2D eigenvalue weighted by atomic mass is 9.80. The van der Waals surface area contributed by atoms with Gasteiger partial charge in [-0.25, -0.2) is 0 Å². The first-order chi connectivity index (χ1) is 5.58. The second-order valence-corrected chi connectivity index (χ2v) is 5.84. The summed E-state index contributed by atoms with van der Waals surface area (Å²) in [6.07, 6.45) is 3.57. The fourth-order valence-electron chi connectivity index (χ4n) is 2.07. The molecule has 12 heavy (non-hydrogen) atoms. The minimum absolute atomic E-state index is 0.437. The monoisotopic (exact) mass is 187 g/mol. The molecule has 0 aromatic heterocycles. The highest BCUT2D eigenvalue weighted by atomic mass is 32.2. The Balaban J connectivity index is 2.58. The summed E-state index contributed by atoms with van der Waals surface area (Å²) in [4.78, 5) is 0. The second kappa shape index (κ2) is 4.01. The normalized spacial score (nSPS) is 32.0. The molecule has 1 aliphatic rings. The van der Waals surface area contributed by atoms with Gasteiger partial charge < -0.3 is 5.32 Å². The van der Waals surface area contributed by atoms with Crippen LogP contribution in [0.25, 0.3) is 0 Å². The van der Waals surface area contributed by atoms with Crippen LogP contribution in [-0.2, 0) is 0 Å². The van der Waals surface area contributed by atoms with Crippen molar-refractivity contribution in [1.29, 1.82) is 0 Å². The topological polar surface area (TPSA) is 12.0 Å². The largest absolute Gasteiger partial charge is 0.316 e. The highest BCUT2D eigenvalue weighted by molar-refractivity contribution is 7.99. The molecule has 1 nitrogen and oxygen atoms in total. The third kappa shape index (κ3) is 2.17. The van der Waals surface area contributed by atoms with Crippen molar-refractivity contribution in [3.8, 4) is 0 Å². The molecule has 0 aromatic rings. The summed E-state index contributed by atoms with van der Waals surface area (Å²) in [5.74, 6) is 1.72. The van der Waals surface area contributed by atoms with E-state index < -0.39 is 0 Å². The van der Waals surface area contributed by atoms with E-state index in [0.29, 0.717) is 4.75 Å². The van der Waals surface area contributed by atoms with Crippen LogP contribution in [0.15, 0.2) is 0 Å². The molecule has 0 amide bonds. The fourth-order valence-corrected chi connectivity index (χ4v) is 2.69. The molecule has 2 heteroatoms. The Morgan fingerprint density at radius 1 is 1.42 bits per heavy atom. The number of hydrogen-bond acceptors (Lipinski definition) is 2. The molecule has 2 atom stereocenters. The van der Waals surface area contributed by atoms with Crippen molar-refractivity contribution in [1.82, 2.24) is 5.32 Å². The molecule has 1 aliphatic heterocycles. The zero-order valence-electron chi connectivity index (χ0n) is 8.68. The maximum atomic E-state index is 3.49. The van der Waals surface area contributed by atoms with E-state index in [4.69, 9.17) is 0 Å².